The summed E-state index contributed by atoms with van der Waals surface area (Å²) in [6.07, 6.45) is 15.8. The maximum Gasteiger partial charge on any atom is 0.325 e. The van der Waals surface area contributed by atoms with Gasteiger partial charge in [-0.05, 0) is 45.4 Å². The molecule has 0 saturated carbocycles. The first-order valence-electron chi connectivity index (χ1n) is 14.3. The Morgan fingerprint density at radius 3 is 2.00 bits per heavy atom. The predicted molar refractivity (Wildman–Crippen MR) is 141 cm³/mol. The Kier molecular flexibility index (Phi) is 23.8. The van der Waals surface area contributed by atoms with E-state index in [9.17, 15) is 19.5 Å². The number of esters is 2. The first-order chi connectivity index (χ1) is 17.4. The number of ether oxygens (including phenoxy) is 2. The van der Waals surface area contributed by atoms with E-state index in [-0.39, 0.29) is 30.6 Å². The molecule has 1 unspecified atom stereocenters. The normalized spacial score (nSPS) is 11.9. The largest absolute Gasteiger partial charge is 0.466 e. The topological polar surface area (TPSA) is 102 Å². The highest BCUT2D eigenvalue weighted by Gasteiger charge is 2.12. The highest BCUT2D eigenvalue weighted by molar-refractivity contribution is 5.69. The van der Waals surface area contributed by atoms with E-state index in [1.807, 2.05) is 6.92 Å². The third-order valence-corrected chi connectivity index (χ3v) is 6.00. The summed E-state index contributed by atoms with van der Waals surface area (Å²) in [6.45, 7) is 6.84. The number of carbonyl (C=O) groups excluding carboxylic acids is 3. The van der Waals surface area contributed by atoms with Crippen molar-refractivity contribution < 1.29 is 33.8 Å². The number of unbranched alkanes of at least 4 members (excludes halogenated alkanes) is 11. The van der Waals surface area contributed by atoms with E-state index >= 15 is 0 Å². The molecular weight excluding hydrogens is 462 g/mol. The van der Waals surface area contributed by atoms with Gasteiger partial charge < -0.3 is 19.4 Å². The van der Waals surface area contributed by atoms with E-state index in [0.29, 0.717) is 32.5 Å². The monoisotopic (exact) mass is 515 g/mol. The summed E-state index contributed by atoms with van der Waals surface area (Å²) < 4.78 is 10.4. The van der Waals surface area contributed by atoms with Crippen LogP contribution in [0.2, 0.25) is 0 Å². The number of rotatable bonds is 25. The highest BCUT2D eigenvalue weighted by atomic mass is 16.7. The minimum absolute atomic E-state index is 0.0654. The fraction of sp³-hybridized carbons (Fsp3) is 0.893. The molecule has 0 spiro atoms. The summed E-state index contributed by atoms with van der Waals surface area (Å²) in [4.78, 5) is 40.2. The van der Waals surface area contributed by atoms with Crippen molar-refractivity contribution in [2.24, 2.45) is 0 Å². The fourth-order valence-corrected chi connectivity index (χ4v) is 3.91. The van der Waals surface area contributed by atoms with Crippen molar-refractivity contribution in [3.63, 3.8) is 0 Å². The maximum absolute atomic E-state index is 12.1. The van der Waals surface area contributed by atoms with Gasteiger partial charge in [0, 0.05) is 26.3 Å². The van der Waals surface area contributed by atoms with Crippen LogP contribution in [-0.4, -0.2) is 60.5 Å². The Bertz CT molecular complexity index is 556. The molecular formula is C28H53NO7. The summed E-state index contributed by atoms with van der Waals surface area (Å²) in [6, 6.07) is 0. The zero-order valence-corrected chi connectivity index (χ0v) is 23.3. The molecule has 0 aliphatic rings. The highest BCUT2D eigenvalue weighted by Crippen LogP contribution is 2.12. The quantitative estimate of drug-likeness (QED) is 0.0913. The van der Waals surface area contributed by atoms with Crippen LogP contribution in [0.15, 0.2) is 0 Å². The Labute approximate surface area is 219 Å². The van der Waals surface area contributed by atoms with Gasteiger partial charge in [0.25, 0.3) is 0 Å². The van der Waals surface area contributed by atoms with Crippen molar-refractivity contribution in [2.75, 3.05) is 26.3 Å². The molecule has 0 saturated heterocycles. The lowest BCUT2D eigenvalue weighted by molar-refractivity contribution is -0.192. The van der Waals surface area contributed by atoms with Crippen molar-refractivity contribution in [1.29, 1.82) is 0 Å². The molecule has 0 heterocycles. The number of aliphatic hydroxyl groups is 1. The predicted octanol–water partition coefficient (Wildman–Crippen LogP) is 5.89. The molecule has 0 aromatic heterocycles. The van der Waals surface area contributed by atoms with Gasteiger partial charge in [-0.15, -0.1) is 5.06 Å². The second-order valence-electron chi connectivity index (χ2n) is 9.64. The van der Waals surface area contributed by atoms with Gasteiger partial charge in [0.15, 0.2) is 0 Å². The lowest BCUT2D eigenvalue weighted by Crippen LogP contribution is -2.31. The molecule has 0 aliphatic heterocycles. The molecule has 0 amide bonds. The smallest absolute Gasteiger partial charge is 0.325 e. The third kappa shape index (κ3) is 24.0. The fourth-order valence-electron chi connectivity index (χ4n) is 3.91. The Morgan fingerprint density at radius 1 is 0.750 bits per heavy atom. The van der Waals surface area contributed by atoms with Crippen LogP contribution in [0.5, 0.6) is 0 Å². The second kappa shape index (κ2) is 25.0. The molecule has 0 bridgehead atoms. The van der Waals surface area contributed by atoms with E-state index in [0.717, 1.165) is 83.5 Å². The van der Waals surface area contributed by atoms with Crippen LogP contribution in [0.1, 0.15) is 130 Å². The van der Waals surface area contributed by atoms with Crippen molar-refractivity contribution in [1.82, 2.24) is 5.06 Å². The SMILES string of the molecule is CCCCCCCC(=O)ON(CCO)CCCCCC(=O)OC(C)CCCCCCCCOC(C)=O. The lowest BCUT2D eigenvalue weighted by atomic mass is 10.1. The number of hydrogen-bond donors (Lipinski definition) is 1. The van der Waals surface area contributed by atoms with Crippen molar-refractivity contribution >= 4 is 17.9 Å². The third-order valence-electron chi connectivity index (χ3n) is 6.00. The number of hydrogen-bond acceptors (Lipinski definition) is 8. The first-order valence-corrected chi connectivity index (χ1v) is 14.3. The van der Waals surface area contributed by atoms with Gasteiger partial charge >= 0.3 is 17.9 Å². The molecule has 8 nitrogen and oxygen atoms in total. The van der Waals surface area contributed by atoms with Gasteiger partial charge in [-0.25, -0.2) is 0 Å². The standard InChI is InChI=1S/C28H53NO7/c1-4-5-6-9-14-20-28(33)36-29(22-23-30)21-16-12-15-19-27(32)35-25(2)18-13-10-7-8-11-17-24-34-26(3)31/h25,30H,4-24H2,1-3H3. The average Bonchev–Trinajstić information content (AvgIpc) is 2.82. The van der Waals surface area contributed by atoms with Crippen LogP contribution in [0, 0.1) is 0 Å². The van der Waals surface area contributed by atoms with Crippen molar-refractivity contribution in [3.8, 4) is 0 Å². The van der Waals surface area contributed by atoms with Gasteiger partial charge in [-0.1, -0.05) is 64.7 Å². The summed E-state index contributed by atoms with van der Waals surface area (Å²) in [5, 5.41) is 10.8. The average molecular weight is 516 g/mol. The minimum atomic E-state index is -0.239. The number of nitrogens with zero attached hydrogens (tertiary/aromatic N) is 1. The molecule has 0 rings (SSSR count). The summed E-state index contributed by atoms with van der Waals surface area (Å²) in [5.74, 6) is -0.615. The van der Waals surface area contributed by atoms with E-state index in [2.05, 4.69) is 6.92 Å². The molecule has 1 atom stereocenters. The lowest BCUT2D eigenvalue weighted by Gasteiger charge is -2.20. The van der Waals surface area contributed by atoms with Crippen LogP contribution in [0.4, 0.5) is 0 Å². The Hall–Kier alpha value is -1.67. The molecule has 0 radical (unpaired) electrons. The Balaban J connectivity index is 3.75. The summed E-state index contributed by atoms with van der Waals surface area (Å²) >= 11 is 0. The van der Waals surface area contributed by atoms with Gasteiger partial charge in [0.05, 0.1) is 25.9 Å². The maximum atomic E-state index is 12.1. The molecule has 212 valence electrons. The van der Waals surface area contributed by atoms with Crippen molar-refractivity contribution in [3.05, 3.63) is 0 Å². The minimum Gasteiger partial charge on any atom is -0.466 e. The van der Waals surface area contributed by atoms with E-state index in [1.54, 1.807) is 0 Å². The van der Waals surface area contributed by atoms with Crippen LogP contribution in [-0.2, 0) is 28.7 Å². The Morgan fingerprint density at radius 2 is 1.33 bits per heavy atom. The van der Waals surface area contributed by atoms with Crippen LogP contribution < -0.4 is 0 Å². The molecule has 0 aromatic rings. The molecule has 0 aromatic carbocycles. The van der Waals surface area contributed by atoms with Gasteiger partial charge in [-0.3, -0.25) is 14.4 Å². The second-order valence-corrected chi connectivity index (χ2v) is 9.64. The first kappa shape index (κ1) is 34.3. The zero-order chi connectivity index (χ0) is 26.9. The summed E-state index contributed by atoms with van der Waals surface area (Å²) in [7, 11) is 0. The number of aliphatic hydroxyl groups excluding tert-OH is 1. The van der Waals surface area contributed by atoms with Gasteiger partial charge in [0.2, 0.25) is 0 Å². The van der Waals surface area contributed by atoms with Gasteiger partial charge in [0.1, 0.15) is 0 Å². The van der Waals surface area contributed by atoms with Crippen LogP contribution >= 0.6 is 0 Å². The van der Waals surface area contributed by atoms with Crippen molar-refractivity contribution in [2.45, 2.75) is 136 Å². The molecule has 8 heteroatoms. The number of hydroxylamine groups is 2. The van der Waals surface area contributed by atoms with Gasteiger partial charge in [-0.2, -0.15) is 0 Å². The number of carbonyl (C=O) groups is 3. The molecule has 0 aliphatic carbocycles. The molecule has 1 N–H and O–H groups in total. The van der Waals surface area contributed by atoms with Crippen LogP contribution in [0.25, 0.3) is 0 Å². The van der Waals surface area contributed by atoms with E-state index < -0.39 is 0 Å². The van der Waals surface area contributed by atoms with E-state index in [4.69, 9.17) is 14.3 Å². The van der Waals surface area contributed by atoms with Crippen LogP contribution in [0.3, 0.4) is 0 Å². The van der Waals surface area contributed by atoms with E-state index in [1.165, 1.54) is 24.8 Å². The zero-order valence-electron chi connectivity index (χ0n) is 23.3. The summed E-state index contributed by atoms with van der Waals surface area (Å²) in [5.41, 5.74) is 0. The molecule has 36 heavy (non-hydrogen) atoms. The molecule has 0 fully saturated rings.